The first kappa shape index (κ1) is 16.2. The van der Waals surface area contributed by atoms with Gasteiger partial charge in [0.15, 0.2) is 0 Å². The molecule has 0 aliphatic carbocycles. The Morgan fingerprint density at radius 3 is 2.32 bits per heavy atom. The van der Waals surface area contributed by atoms with Crippen molar-refractivity contribution in [2.45, 2.75) is 26.3 Å². The smallest absolute Gasteiger partial charge is 0.227 e. The minimum Gasteiger partial charge on any atom is -0.338 e. The molecule has 0 spiro atoms. The SMILES string of the molecule is Cc1ccc(CC(=O)N(CCCN)Cc2ccccc2)cc1. The van der Waals surface area contributed by atoms with Crippen molar-refractivity contribution >= 4 is 5.91 Å². The number of nitrogens with zero attached hydrogens (tertiary/aromatic N) is 1. The van der Waals surface area contributed by atoms with E-state index >= 15 is 0 Å². The van der Waals surface area contributed by atoms with E-state index in [2.05, 4.69) is 19.1 Å². The highest BCUT2D eigenvalue weighted by atomic mass is 16.2. The van der Waals surface area contributed by atoms with E-state index < -0.39 is 0 Å². The summed E-state index contributed by atoms with van der Waals surface area (Å²) in [5.41, 5.74) is 9.02. The Morgan fingerprint density at radius 1 is 1.00 bits per heavy atom. The zero-order valence-corrected chi connectivity index (χ0v) is 13.2. The van der Waals surface area contributed by atoms with Crippen molar-refractivity contribution < 1.29 is 4.79 Å². The molecular weight excluding hydrogens is 272 g/mol. The molecule has 2 aromatic rings. The van der Waals surface area contributed by atoms with Gasteiger partial charge < -0.3 is 10.6 Å². The van der Waals surface area contributed by atoms with Crippen LogP contribution < -0.4 is 5.73 Å². The average Bonchev–Trinajstić information content (AvgIpc) is 2.54. The fraction of sp³-hybridized carbons (Fsp3) is 0.316. The van der Waals surface area contributed by atoms with Crippen LogP contribution >= 0.6 is 0 Å². The van der Waals surface area contributed by atoms with Gasteiger partial charge in [-0.1, -0.05) is 60.2 Å². The summed E-state index contributed by atoms with van der Waals surface area (Å²) in [4.78, 5) is 14.5. The molecule has 3 heteroatoms. The van der Waals surface area contributed by atoms with Crippen molar-refractivity contribution in [2.24, 2.45) is 5.73 Å². The Morgan fingerprint density at radius 2 is 1.68 bits per heavy atom. The number of rotatable bonds is 7. The Bertz CT molecular complexity index is 578. The third-order valence-corrected chi connectivity index (χ3v) is 3.68. The highest BCUT2D eigenvalue weighted by Crippen LogP contribution is 2.10. The summed E-state index contributed by atoms with van der Waals surface area (Å²) in [7, 11) is 0. The summed E-state index contributed by atoms with van der Waals surface area (Å²) in [5.74, 6) is 0.154. The summed E-state index contributed by atoms with van der Waals surface area (Å²) < 4.78 is 0. The third kappa shape index (κ3) is 5.01. The van der Waals surface area contributed by atoms with Crippen LogP contribution in [0.4, 0.5) is 0 Å². The Kier molecular flexibility index (Phi) is 6.16. The van der Waals surface area contributed by atoms with Gasteiger partial charge in [0.05, 0.1) is 6.42 Å². The third-order valence-electron chi connectivity index (χ3n) is 3.68. The molecule has 0 bridgehead atoms. The molecule has 0 radical (unpaired) electrons. The lowest BCUT2D eigenvalue weighted by atomic mass is 10.1. The van der Waals surface area contributed by atoms with Gasteiger partial charge in [-0.2, -0.15) is 0 Å². The van der Waals surface area contributed by atoms with E-state index in [0.717, 1.165) is 17.5 Å². The average molecular weight is 296 g/mol. The van der Waals surface area contributed by atoms with E-state index in [0.29, 0.717) is 26.1 Å². The molecule has 0 saturated carbocycles. The van der Waals surface area contributed by atoms with Gasteiger partial charge in [-0.25, -0.2) is 0 Å². The van der Waals surface area contributed by atoms with E-state index in [4.69, 9.17) is 5.73 Å². The summed E-state index contributed by atoms with van der Waals surface area (Å²) in [6.45, 7) is 4.00. The molecule has 0 aromatic heterocycles. The van der Waals surface area contributed by atoms with Crippen molar-refractivity contribution in [3.8, 4) is 0 Å². The lowest BCUT2D eigenvalue weighted by molar-refractivity contribution is -0.131. The number of hydrogen-bond donors (Lipinski definition) is 1. The minimum atomic E-state index is 0.154. The lowest BCUT2D eigenvalue weighted by Gasteiger charge is -2.23. The molecule has 3 nitrogen and oxygen atoms in total. The maximum Gasteiger partial charge on any atom is 0.227 e. The van der Waals surface area contributed by atoms with Crippen molar-refractivity contribution in [2.75, 3.05) is 13.1 Å². The highest BCUT2D eigenvalue weighted by Gasteiger charge is 2.14. The quantitative estimate of drug-likeness (QED) is 0.854. The first-order valence-corrected chi connectivity index (χ1v) is 7.76. The van der Waals surface area contributed by atoms with Crippen molar-refractivity contribution in [1.29, 1.82) is 0 Å². The van der Waals surface area contributed by atoms with Crippen molar-refractivity contribution in [3.05, 3.63) is 71.3 Å². The number of carbonyl (C=O) groups is 1. The van der Waals surface area contributed by atoms with Gasteiger partial charge in [0.2, 0.25) is 5.91 Å². The van der Waals surface area contributed by atoms with Crippen LogP contribution in [0.15, 0.2) is 54.6 Å². The first-order chi connectivity index (χ1) is 10.7. The fourth-order valence-electron chi connectivity index (χ4n) is 2.37. The standard InChI is InChI=1S/C19H24N2O/c1-16-8-10-17(11-9-16)14-19(22)21(13-5-12-20)15-18-6-3-2-4-7-18/h2-4,6-11H,5,12-15,20H2,1H3. The van der Waals surface area contributed by atoms with Crippen LogP contribution in [0.25, 0.3) is 0 Å². The molecule has 2 aromatic carbocycles. The molecule has 1 amide bonds. The van der Waals surface area contributed by atoms with Gasteiger partial charge >= 0.3 is 0 Å². The number of nitrogens with two attached hydrogens (primary N) is 1. The van der Waals surface area contributed by atoms with E-state index in [1.165, 1.54) is 5.56 Å². The molecule has 116 valence electrons. The molecule has 0 fully saturated rings. The second-order valence-electron chi connectivity index (χ2n) is 5.61. The van der Waals surface area contributed by atoms with Gasteiger partial charge in [0.1, 0.15) is 0 Å². The zero-order valence-electron chi connectivity index (χ0n) is 13.2. The van der Waals surface area contributed by atoms with E-state index in [1.54, 1.807) is 0 Å². The van der Waals surface area contributed by atoms with E-state index in [1.807, 2.05) is 47.4 Å². The van der Waals surface area contributed by atoms with Crippen LogP contribution in [0.5, 0.6) is 0 Å². The molecular formula is C19H24N2O. The second kappa shape index (κ2) is 8.35. The Labute approximate surface area is 132 Å². The number of benzene rings is 2. The largest absolute Gasteiger partial charge is 0.338 e. The maximum absolute atomic E-state index is 12.6. The number of carbonyl (C=O) groups excluding carboxylic acids is 1. The molecule has 0 atom stereocenters. The van der Waals surface area contributed by atoms with Crippen molar-refractivity contribution in [1.82, 2.24) is 4.90 Å². The molecule has 2 N–H and O–H groups in total. The fourth-order valence-corrected chi connectivity index (χ4v) is 2.37. The van der Waals surface area contributed by atoms with Gasteiger partial charge in [-0.3, -0.25) is 4.79 Å². The van der Waals surface area contributed by atoms with Gasteiger partial charge in [-0.15, -0.1) is 0 Å². The Balaban J connectivity index is 2.03. The molecule has 0 aliphatic rings. The summed E-state index contributed by atoms with van der Waals surface area (Å²) in [5, 5.41) is 0. The van der Waals surface area contributed by atoms with Crippen LogP contribution in [-0.4, -0.2) is 23.9 Å². The van der Waals surface area contributed by atoms with Crippen LogP contribution in [0.2, 0.25) is 0 Å². The summed E-state index contributed by atoms with van der Waals surface area (Å²) in [6.07, 6.45) is 1.27. The summed E-state index contributed by atoms with van der Waals surface area (Å²) >= 11 is 0. The number of hydrogen-bond acceptors (Lipinski definition) is 2. The van der Waals surface area contributed by atoms with Crippen LogP contribution in [0, 0.1) is 6.92 Å². The zero-order chi connectivity index (χ0) is 15.8. The predicted octanol–water partition coefficient (Wildman–Crippen LogP) is 2.92. The maximum atomic E-state index is 12.6. The van der Waals surface area contributed by atoms with Gasteiger partial charge in [-0.05, 0) is 31.0 Å². The Hall–Kier alpha value is -2.13. The van der Waals surface area contributed by atoms with Crippen LogP contribution in [0.3, 0.4) is 0 Å². The van der Waals surface area contributed by atoms with Crippen LogP contribution in [-0.2, 0) is 17.8 Å². The van der Waals surface area contributed by atoms with Gasteiger partial charge in [0, 0.05) is 13.1 Å². The minimum absolute atomic E-state index is 0.154. The van der Waals surface area contributed by atoms with E-state index in [9.17, 15) is 4.79 Å². The highest BCUT2D eigenvalue weighted by molar-refractivity contribution is 5.78. The molecule has 2 rings (SSSR count). The molecule has 0 aliphatic heterocycles. The number of aryl methyl sites for hydroxylation is 1. The van der Waals surface area contributed by atoms with E-state index in [-0.39, 0.29) is 5.91 Å². The topological polar surface area (TPSA) is 46.3 Å². The second-order valence-corrected chi connectivity index (χ2v) is 5.61. The number of amides is 1. The first-order valence-electron chi connectivity index (χ1n) is 7.76. The predicted molar refractivity (Wildman–Crippen MR) is 90.4 cm³/mol. The molecule has 22 heavy (non-hydrogen) atoms. The molecule has 0 heterocycles. The normalized spacial score (nSPS) is 10.5. The summed E-state index contributed by atoms with van der Waals surface area (Å²) in [6, 6.07) is 18.2. The van der Waals surface area contributed by atoms with Crippen LogP contribution in [0.1, 0.15) is 23.1 Å². The monoisotopic (exact) mass is 296 g/mol. The molecule has 0 saturated heterocycles. The van der Waals surface area contributed by atoms with Crippen molar-refractivity contribution in [3.63, 3.8) is 0 Å². The van der Waals surface area contributed by atoms with Gasteiger partial charge in [0.25, 0.3) is 0 Å². The lowest BCUT2D eigenvalue weighted by Crippen LogP contribution is -2.33. The molecule has 0 unspecified atom stereocenters.